The van der Waals surface area contributed by atoms with E-state index in [1.807, 2.05) is 0 Å². The van der Waals surface area contributed by atoms with Crippen molar-refractivity contribution in [2.75, 3.05) is 6.54 Å². The molecule has 17 heavy (non-hydrogen) atoms. The van der Waals surface area contributed by atoms with E-state index in [-0.39, 0.29) is 5.69 Å². The summed E-state index contributed by atoms with van der Waals surface area (Å²) in [6, 6.07) is 4.71. The maximum absolute atomic E-state index is 10.6. The zero-order valence-electron chi connectivity index (χ0n) is 9.25. The van der Waals surface area contributed by atoms with Crippen LogP contribution >= 0.6 is 0 Å². The van der Waals surface area contributed by atoms with Gasteiger partial charge in [0.2, 0.25) is 0 Å². The molecule has 1 aromatic carbocycles. The van der Waals surface area contributed by atoms with Crippen LogP contribution in [0.15, 0.2) is 23.3 Å². The number of rotatable bonds is 3. The predicted octanol–water partition coefficient (Wildman–Crippen LogP) is 2.96. The Kier molecular flexibility index (Phi) is 4.55. The van der Waals surface area contributed by atoms with E-state index >= 15 is 0 Å². The Morgan fingerprint density at radius 1 is 1.59 bits per heavy atom. The largest absolute Gasteiger partial charge is 0.272 e. The smallest absolute Gasteiger partial charge is 0.258 e. The fourth-order valence-corrected chi connectivity index (χ4v) is 1.25. The molecular weight excluding hydrogens is 220 g/mol. The van der Waals surface area contributed by atoms with E-state index in [4.69, 9.17) is 5.53 Å². The number of benzene rings is 1. The molecule has 1 aromatic rings. The van der Waals surface area contributed by atoms with Crippen molar-refractivity contribution in [1.29, 1.82) is 0 Å². The average Bonchev–Trinajstić information content (AvgIpc) is 2.28. The van der Waals surface area contributed by atoms with Crippen LogP contribution < -0.4 is 0 Å². The van der Waals surface area contributed by atoms with Crippen molar-refractivity contribution in [2.24, 2.45) is 5.11 Å². The number of hydrogen-bond acceptors (Lipinski definition) is 3. The summed E-state index contributed by atoms with van der Waals surface area (Å²) in [5, 5.41) is 13.9. The fraction of sp³-hybridized carbons (Fsp3) is 0.273. The van der Waals surface area contributed by atoms with Gasteiger partial charge < -0.3 is 0 Å². The van der Waals surface area contributed by atoms with Gasteiger partial charge in [0.05, 0.1) is 4.92 Å². The van der Waals surface area contributed by atoms with Crippen molar-refractivity contribution >= 4 is 5.69 Å². The van der Waals surface area contributed by atoms with Gasteiger partial charge in [0.15, 0.2) is 0 Å². The maximum Gasteiger partial charge on any atom is 0.272 e. The molecule has 0 aromatic heterocycles. The summed E-state index contributed by atoms with van der Waals surface area (Å²) in [6.07, 6.45) is 0.472. The lowest BCUT2D eigenvalue weighted by atomic mass is 10.1. The molecule has 86 valence electrons. The molecule has 1 rings (SSSR count). The Labute approximate surface area is 98.0 Å². The van der Waals surface area contributed by atoms with E-state index in [0.29, 0.717) is 24.1 Å². The van der Waals surface area contributed by atoms with Crippen LogP contribution in [-0.4, -0.2) is 11.5 Å². The van der Waals surface area contributed by atoms with Crippen molar-refractivity contribution in [2.45, 2.75) is 13.3 Å². The van der Waals surface area contributed by atoms with Gasteiger partial charge in [-0.15, -0.1) is 0 Å². The van der Waals surface area contributed by atoms with Crippen LogP contribution in [0.3, 0.4) is 0 Å². The Hall–Kier alpha value is -2.51. The van der Waals surface area contributed by atoms with Crippen molar-refractivity contribution in [3.8, 4) is 11.8 Å². The normalized spacial score (nSPS) is 8.76. The second kappa shape index (κ2) is 6.16. The third kappa shape index (κ3) is 3.86. The highest BCUT2D eigenvalue weighted by atomic mass is 16.6. The molecule has 0 aliphatic heterocycles. The minimum absolute atomic E-state index is 0.0876. The molecule has 0 bridgehead atoms. The van der Waals surface area contributed by atoms with Gasteiger partial charge in [0, 0.05) is 35.1 Å². The van der Waals surface area contributed by atoms with E-state index in [1.165, 1.54) is 6.07 Å². The van der Waals surface area contributed by atoms with Crippen molar-refractivity contribution in [3.63, 3.8) is 0 Å². The molecule has 0 amide bonds. The molecule has 0 fully saturated rings. The number of aryl methyl sites for hydroxylation is 1. The van der Waals surface area contributed by atoms with Crippen LogP contribution in [0.25, 0.3) is 10.4 Å². The maximum atomic E-state index is 10.6. The lowest BCUT2D eigenvalue weighted by Gasteiger charge is -1.96. The topological polar surface area (TPSA) is 91.9 Å². The highest BCUT2D eigenvalue weighted by Gasteiger charge is 2.08. The van der Waals surface area contributed by atoms with Crippen LogP contribution in [0.5, 0.6) is 0 Å². The average molecular weight is 230 g/mol. The number of hydrogen-bond donors (Lipinski definition) is 0. The molecule has 0 aliphatic carbocycles. The number of nitro groups is 1. The van der Waals surface area contributed by atoms with E-state index in [2.05, 4.69) is 21.9 Å². The van der Waals surface area contributed by atoms with Crippen LogP contribution in [-0.2, 0) is 0 Å². The second-order valence-corrected chi connectivity index (χ2v) is 3.26. The summed E-state index contributed by atoms with van der Waals surface area (Å²) >= 11 is 0. The summed E-state index contributed by atoms with van der Waals surface area (Å²) in [4.78, 5) is 12.8. The Morgan fingerprint density at radius 2 is 2.35 bits per heavy atom. The van der Waals surface area contributed by atoms with Gasteiger partial charge in [0.1, 0.15) is 0 Å². The van der Waals surface area contributed by atoms with Gasteiger partial charge in [-0.1, -0.05) is 17.0 Å². The van der Waals surface area contributed by atoms with Crippen LogP contribution in [0.2, 0.25) is 0 Å². The van der Waals surface area contributed by atoms with E-state index in [1.54, 1.807) is 19.1 Å². The highest BCUT2D eigenvalue weighted by molar-refractivity contribution is 5.47. The Balaban J connectivity index is 2.77. The Morgan fingerprint density at radius 3 is 2.94 bits per heavy atom. The molecule has 0 saturated carbocycles. The minimum Gasteiger partial charge on any atom is -0.258 e. The quantitative estimate of drug-likeness (QED) is 0.152. The molecule has 6 nitrogen and oxygen atoms in total. The van der Waals surface area contributed by atoms with E-state index in [0.717, 1.165) is 0 Å². The number of nitrogens with zero attached hydrogens (tertiary/aromatic N) is 4. The first kappa shape index (κ1) is 12.6. The molecule has 0 unspecified atom stereocenters. The van der Waals surface area contributed by atoms with Gasteiger partial charge in [-0.25, -0.2) is 0 Å². The molecular formula is C11H10N4O2. The standard InChI is InChI=1S/C11H10N4O2/c1-9-8-10(4-2-3-7-13-14-12)5-6-11(9)15(16)17/h5-6,8H,3,7H2,1H3. The fourth-order valence-electron chi connectivity index (χ4n) is 1.25. The van der Waals surface area contributed by atoms with Crippen molar-refractivity contribution in [1.82, 2.24) is 0 Å². The Bertz CT molecular complexity index is 536. The monoisotopic (exact) mass is 230 g/mol. The minimum atomic E-state index is -0.422. The zero-order chi connectivity index (χ0) is 12.7. The molecule has 0 heterocycles. The first-order valence-corrected chi connectivity index (χ1v) is 4.90. The van der Waals surface area contributed by atoms with Crippen LogP contribution in [0.1, 0.15) is 17.5 Å². The van der Waals surface area contributed by atoms with Crippen LogP contribution in [0, 0.1) is 28.9 Å². The lowest BCUT2D eigenvalue weighted by Crippen LogP contribution is -1.91. The van der Waals surface area contributed by atoms with Gasteiger partial charge in [-0.05, 0) is 24.6 Å². The predicted molar refractivity (Wildman–Crippen MR) is 63.3 cm³/mol. The van der Waals surface area contributed by atoms with Gasteiger partial charge in [0.25, 0.3) is 5.69 Å². The summed E-state index contributed by atoms with van der Waals surface area (Å²) in [6.45, 7) is 2.00. The van der Waals surface area contributed by atoms with Crippen LogP contribution in [0.4, 0.5) is 5.69 Å². The molecule has 0 spiro atoms. The molecule has 0 saturated heterocycles. The lowest BCUT2D eigenvalue weighted by molar-refractivity contribution is -0.385. The van der Waals surface area contributed by atoms with Gasteiger partial charge >= 0.3 is 0 Å². The molecule has 0 aliphatic rings. The van der Waals surface area contributed by atoms with E-state index in [9.17, 15) is 10.1 Å². The molecule has 6 heteroatoms. The van der Waals surface area contributed by atoms with Crippen molar-refractivity contribution in [3.05, 3.63) is 49.9 Å². The zero-order valence-corrected chi connectivity index (χ0v) is 9.25. The molecule has 0 N–H and O–H groups in total. The third-order valence-corrected chi connectivity index (χ3v) is 2.03. The van der Waals surface area contributed by atoms with E-state index < -0.39 is 4.92 Å². The second-order valence-electron chi connectivity index (χ2n) is 3.26. The molecule has 0 radical (unpaired) electrons. The molecule has 0 atom stereocenters. The highest BCUT2D eigenvalue weighted by Crippen LogP contribution is 2.18. The summed E-state index contributed by atoms with van der Waals surface area (Å²) in [5.74, 6) is 5.68. The van der Waals surface area contributed by atoms with Gasteiger partial charge in [-0.3, -0.25) is 10.1 Å². The first-order chi connectivity index (χ1) is 8.15. The third-order valence-electron chi connectivity index (χ3n) is 2.03. The van der Waals surface area contributed by atoms with Crippen molar-refractivity contribution < 1.29 is 4.92 Å². The summed E-state index contributed by atoms with van der Waals surface area (Å²) in [5.41, 5.74) is 9.43. The SMILES string of the molecule is Cc1cc(C#CCCN=[N+]=[N-])ccc1[N+](=O)[O-]. The number of nitro benzene ring substituents is 1. The number of azide groups is 1. The summed E-state index contributed by atoms with van der Waals surface area (Å²) < 4.78 is 0. The summed E-state index contributed by atoms with van der Waals surface area (Å²) in [7, 11) is 0. The van der Waals surface area contributed by atoms with Gasteiger partial charge in [-0.2, -0.15) is 0 Å². The first-order valence-electron chi connectivity index (χ1n) is 4.90.